The highest BCUT2D eigenvalue weighted by Crippen LogP contribution is 2.53. The maximum absolute atomic E-state index is 12.1. The van der Waals surface area contributed by atoms with Gasteiger partial charge < -0.3 is 14.8 Å². The van der Waals surface area contributed by atoms with E-state index in [1.54, 1.807) is 0 Å². The molecule has 1 aliphatic carbocycles. The molecule has 0 radical (unpaired) electrons. The van der Waals surface area contributed by atoms with E-state index in [4.69, 9.17) is 9.47 Å². The molecule has 28 heavy (non-hydrogen) atoms. The number of carbonyl (C=O) groups is 1. The van der Waals surface area contributed by atoms with Crippen molar-refractivity contribution in [2.24, 2.45) is 23.2 Å². The zero-order valence-corrected chi connectivity index (χ0v) is 17.9. The number of nitrogens with one attached hydrogen (secondary N) is 1. The topological polar surface area (TPSA) is 47.6 Å². The van der Waals surface area contributed by atoms with Crippen LogP contribution in [-0.2, 0) is 15.9 Å². The van der Waals surface area contributed by atoms with Gasteiger partial charge >= 0.3 is 6.09 Å². The number of rotatable bonds is 6. The molecular formula is C24H35NO3. The third-order valence-electron chi connectivity index (χ3n) is 6.80. The molecule has 4 heteroatoms. The number of carbonyl (C=O) groups excluding carboxylic acids is 1. The number of fused-ring (bicyclic) bond motifs is 2. The van der Waals surface area contributed by atoms with Gasteiger partial charge in [-0.3, -0.25) is 0 Å². The average Bonchev–Trinajstić information content (AvgIpc) is 2.64. The summed E-state index contributed by atoms with van der Waals surface area (Å²) in [6, 6.07) is 10.7. The molecule has 0 spiro atoms. The summed E-state index contributed by atoms with van der Waals surface area (Å²) in [6.45, 7) is 11.7. The van der Waals surface area contributed by atoms with Crippen LogP contribution in [0.4, 0.5) is 4.79 Å². The summed E-state index contributed by atoms with van der Waals surface area (Å²) in [7, 11) is 0. The lowest BCUT2D eigenvalue weighted by Crippen LogP contribution is -2.57. The molecule has 1 fully saturated rings. The first kappa shape index (κ1) is 20.9. The summed E-state index contributed by atoms with van der Waals surface area (Å²) in [5, 5.41) is 2.82. The smallest absolute Gasteiger partial charge is 0.407 e. The fourth-order valence-electron chi connectivity index (χ4n) is 5.08. The molecule has 0 unspecified atom stereocenters. The van der Waals surface area contributed by atoms with Crippen molar-refractivity contribution in [1.29, 1.82) is 0 Å². The number of ether oxygens (including phenoxy) is 2. The molecule has 1 aromatic carbocycles. The highest BCUT2D eigenvalue weighted by molar-refractivity contribution is 5.67. The lowest BCUT2D eigenvalue weighted by molar-refractivity contribution is -0.164. The molecule has 5 atom stereocenters. The van der Waals surface area contributed by atoms with E-state index < -0.39 is 0 Å². The van der Waals surface area contributed by atoms with Gasteiger partial charge in [0, 0.05) is 17.4 Å². The van der Waals surface area contributed by atoms with Crippen molar-refractivity contribution in [2.45, 2.75) is 59.6 Å². The summed E-state index contributed by atoms with van der Waals surface area (Å²) in [6.07, 6.45) is 4.31. The number of benzene rings is 1. The molecule has 1 aromatic rings. The number of hydrogen-bond acceptors (Lipinski definition) is 3. The van der Waals surface area contributed by atoms with Gasteiger partial charge in [0.2, 0.25) is 0 Å². The summed E-state index contributed by atoms with van der Waals surface area (Å²) >= 11 is 0. The van der Waals surface area contributed by atoms with Gasteiger partial charge in [0.25, 0.3) is 0 Å². The van der Waals surface area contributed by atoms with Gasteiger partial charge in [-0.15, -0.1) is 0 Å². The molecule has 1 heterocycles. The average molecular weight is 386 g/mol. The van der Waals surface area contributed by atoms with Gasteiger partial charge in [-0.25, -0.2) is 4.79 Å². The van der Waals surface area contributed by atoms with Crippen molar-refractivity contribution in [3.63, 3.8) is 0 Å². The Labute approximate surface area is 169 Å². The largest absolute Gasteiger partial charge is 0.449 e. The van der Waals surface area contributed by atoms with Crippen molar-refractivity contribution in [1.82, 2.24) is 5.32 Å². The van der Waals surface area contributed by atoms with Crippen LogP contribution in [0.25, 0.3) is 0 Å². The number of amides is 1. The predicted octanol–water partition coefficient (Wildman–Crippen LogP) is 4.99. The van der Waals surface area contributed by atoms with E-state index in [-0.39, 0.29) is 23.7 Å². The first-order valence-electron chi connectivity index (χ1n) is 10.6. The Morgan fingerprint density at radius 1 is 1.29 bits per heavy atom. The van der Waals surface area contributed by atoms with Gasteiger partial charge in [-0.05, 0) is 51.0 Å². The minimum absolute atomic E-state index is 0.0751. The van der Waals surface area contributed by atoms with Gasteiger partial charge in [0.1, 0.15) is 6.61 Å². The van der Waals surface area contributed by atoms with E-state index in [0.717, 1.165) is 12.8 Å². The SMILES string of the molecule is CC1=C[C@@H](C)[C@]2(COC(=O)NC(C)C)CO[C@H](CCc3ccccc3)[C@@H]1[C@H]2C. The zero-order chi connectivity index (χ0) is 20.3. The number of hydrogen-bond donors (Lipinski definition) is 1. The minimum Gasteiger partial charge on any atom is -0.449 e. The molecule has 2 bridgehead atoms. The quantitative estimate of drug-likeness (QED) is 0.702. The molecule has 1 amide bonds. The van der Waals surface area contributed by atoms with Crippen LogP contribution in [0.15, 0.2) is 42.0 Å². The third-order valence-corrected chi connectivity index (χ3v) is 6.80. The lowest BCUT2D eigenvalue weighted by Gasteiger charge is -2.55. The zero-order valence-electron chi connectivity index (χ0n) is 17.9. The summed E-state index contributed by atoms with van der Waals surface area (Å²) in [4.78, 5) is 12.1. The van der Waals surface area contributed by atoms with Crippen LogP contribution in [0.2, 0.25) is 0 Å². The molecule has 1 aliphatic heterocycles. The van der Waals surface area contributed by atoms with E-state index in [0.29, 0.717) is 31.0 Å². The summed E-state index contributed by atoms with van der Waals surface area (Å²) in [5.74, 6) is 1.11. The van der Waals surface area contributed by atoms with Crippen LogP contribution in [-0.4, -0.2) is 31.5 Å². The predicted molar refractivity (Wildman–Crippen MR) is 112 cm³/mol. The van der Waals surface area contributed by atoms with E-state index in [1.807, 2.05) is 13.8 Å². The van der Waals surface area contributed by atoms with Crippen molar-refractivity contribution in [2.75, 3.05) is 13.2 Å². The Hall–Kier alpha value is -1.81. The number of alkyl carbamates (subject to hydrolysis) is 1. The molecule has 2 aliphatic rings. The molecular weight excluding hydrogens is 350 g/mol. The fourth-order valence-corrected chi connectivity index (χ4v) is 5.08. The normalized spacial score (nSPS) is 32.0. The maximum atomic E-state index is 12.1. The fraction of sp³-hybridized carbons (Fsp3) is 0.625. The van der Waals surface area contributed by atoms with Gasteiger partial charge in [0.15, 0.2) is 0 Å². The van der Waals surface area contributed by atoms with Crippen molar-refractivity contribution < 1.29 is 14.3 Å². The van der Waals surface area contributed by atoms with Crippen molar-refractivity contribution in [3.05, 3.63) is 47.5 Å². The van der Waals surface area contributed by atoms with E-state index in [9.17, 15) is 4.79 Å². The van der Waals surface area contributed by atoms with Crippen LogP contribution >= 0.6 is 0 Å². The Morgan fingerprint density at radius 3 is 2.68 bits per heavy atom. The highest BCUT2D eigenvalue weighted by atomic mass is 16.6. The molecule has 1 N–H and O–H groups in total. The lowest BCUT2D eigenvalue weighted by atomic mass is 9.56. The monoisotopic (exact) mass is 385 g/mol. The second-order valence-corrected chi connectivity index (χ2v) is 9.00. The molecule has 0 aromatic heterocycles. The van der Waals surface area contributed by atoms with Crippen LogP contribution in [0.3, 0.4) is 0 Å². The second-order valence-electron chi connectivity index (χ2n) is 9.00. The Balaban J connectivity index is 1.71. The van der Waals surface area contributed by atoms with E-state index in [1.165, 1.54) is 11.1 Å². The molecule has 3 rings (SSSR count). The second kappa shape index (κ2) is 8.69. The maximum Gasteiger partial charge on any atom is 0.407 e. The summed E-state index contributed by atoms with van der Waals surface area (Å²) in [5.41, 5.74) is 2.62. The van der Waals surface area contributed by atoms with E-state index in [2.05, 4.69) is 62.5 Å². The molecule has 154 valence electrons. The minimum atomic E-state index is -0.335. The van der Waals surface area contributed by atoms with Gasteiger partial charge in [-0.1, -0.05) is 55.8 Å². The Kier molecular flexibility index (Phi) is 6.49. The van der Waals surface area contributed by atoms with Crippen LogP contribution in [0.5, 0.6) is 0 Å². The van der Waals surface area contributed by atoms with Gasteiger partial charge in [-0.2, -0.15) is 0 Å². The van der Waals surface area contributed by atoms with Crippen LogP contribution < -0.4 is 5.32 Å². The van der Waals surface area contributed by atoms with E-state index >= 15 is 0 Å². The molecule has 4 nitrogen and oxygen atoms in total. The first-order chi connectivity index (χ1) is 13.3. The Bertz CT molecular complexity index is 699. The molecule has 0 saturated carbocycles. The van der Waals surface area contributed by atoms with Gasteiger partial charge in [0.05, 0.1) is 12.7 Å². The standard InChI is InChI=1S/C24H35NO3/c1-16(2)25-23(26)28-15-24-14-27-21(12-11-20-9-7-6-8-10-20)22(19(24)5)17(3)13-18(24)4/h6-10,13,16,18-19,21-22H,11-12,14-15H2,1-5H3,(H,25,26)/t18-,19-,21-,22+,24-/m1/s1. The Morgan fingerprint density at radius 2 is 2.00 bits per heavy atom. The number of allylic oxidation sites excluding steroid dienone is 1. The first-order valence-corrected chi connectivity index (χ1v) is 10.6. The third kappa shape index (κ3) is 4.27. The molecule has 1 saturated heterocycles. The van der Waals surface area contributed by atoms with Crippen LogP contribution in [0.1, 0.15) is 46.6 Å². The van der Waals surface area contributed by atoms with Crippen molar-refractivity contribution >= 4 is 6.09 Å². The van der Waals surface area contributed by atoms with Crippen LogP contribution in [0, 0.1) is 23.2 Å². The highest BCUT2D eigenvalue weighted by Gasteiger charge is 2.54. The number of aryl methyl sites for hydroxylation is 1. The van der Waals surface area contributed by atoms with Crippen molar-refractivity contribution in [3.8, 4) is 0 Å². The summed E-state index contributed by atoms with van der Waals surface area (Å²) < 4.78 is 12.1.